The molecule has 2 aromatic heterocycles. The molecule has 5 heteroatoms. The third-order valence-corrected chi connectivity index (χ3v) is 1.80. The second-order valence-corrected chi connectivity index (χ2v) is 8.40. The van der Waals surface area contributed by atoms with Crippen LogP contribution < -0.4 is 0 Å². The molecule has 2 heterocycles. The number of benzene rings is 1. The summed E-state index contributed by atoms with van der Waals surface area (Å²) in [5.41, 5.74) is 0. The molecule has 33 heavy (non-hydrogen) atoms. The normalized spacial score (nSPS) is 7.64. The van der Waals surface area contributed by atoms with E-state index in [0.29, 0.717) is 0 Å². The molecule has 3 rings (SSSR count). The lowest BCUT2D eigenvalue weighted by molar-refractivity contribution is 0.736. The van der Waals surface area contributed by atoms with Gasteiger partial charge in [-0.3, -0.25) is 9.97 Å². The zero-order chi connectivity index (χ0) is 23.5. The highest BCUT2D eigenvalue weighted by atomic mass is 14.6. The van der Waals surface area contributed by atoms with E-state index in [4.69, 9.17) is 0 Å². The van der Waals surface area contributed by atoms with Crippen molar-refractivity contribution in [3.8, 4) is 0 Å². The van der Waals surface area contributed by atoms with Crippen molar-refractivity contribution in [3.05, 3.63) is 97.6 Å². The van der Waals surface area contributed by atoms with Gasteiger partial charge in [0.15, 0.2) is 0 Å². The maximum Gasteiger partial charge on any atom is 0.0267 e. The monoisotopic (exact) mass is 443 g/mol. The van der Waals surface area contributed by atoms with Crippen LogP contribution in [-0.2, 0) is 0 Å². The minimum atomic E-state index is 0. The first-order valence-electron chi connectivity index (χ1n) is 10.9. The van der Waals surface area contributed by atoms with E-state index in [0.717, 1.165) is 17.8 Å². The van der Waals surface area contributed by atoms with Crippen molar-refractivity contribution < 1.29 is 0 Å². The molecule has 0 saturated heterocycles. The molecule has 0 aliphatic carbocycles. The molecule has 0 aliphatic heterocycles. The van der Waals surface area contributed by atoms with Crippen LogP contribution in [0.15, 0.2) is 97.6 Å². The molecule has 0 aliphatic rings. The van der Waals surface area contributed by atoms with Crippen LogP contribution in [0.4, 0.5) is 0 Å². The number of hydrogen-bond acceptors (Lipinski definition) is 2. The fourth-order valence-corrected chi connectivity index (χ4v) is 1.01. The van der Waals surface area contributed by atoms with E-state index in [1.54, 1.807) is 24.8 Å². The van der Waals surface area contributed by atoms with Crippen LogP contribution >= 0.6 is 0 Å². The van der Waals surface area contributed by atoms with E-state index in [1.807, 2.05) is 72.8 Å². The van der Waals surface area contributed by atoms with Gasteiger partial charge in [0.2, 0.25) is 0 Å². The van der Waals surface area contributed by atoms with Gasteiger partial charge in [0.05, 0.1) is 0 Å². The van der Waals surface area contributed by atoms with Crippen LogP contribution in [0.3, 0.4) is 0 Å². The van der Waals surface area contributed by atoms with Crippen LogP contribution in [0.25, 0.3) is 0 Å². The van der Waals surface area contributed by atoms with E-state index in [9.17, 15) is 0 Å². The van der Waals surface area contributed by atoms with Gasteiger partial charge in [-0.2, -0.15) is 0 Å². The predicted molar refractivity (Wildman–Crippen MR) is 154 cm³/mol. The third-order valence-electron chi connectivity index (χ3n) is 1.80. The minimum Gasteiger partial charge on any atom is -0.265 e. The first kappa shape index (κ1) is 44.4. The molecule has 0 amide bonds. The van der Waals surface area contributed by atoms with Gasteiger partial charge in [0, 0.05) is 50.0 Å². The molecule has 3 aromatic rings. The highest BCUT2D eigenvalue weighted by Gasteiger charge is 1.69. The summed E-state index contributed by atoms with van der Waals surface area (Å²) in [4.78, 5) is 7.57. The topological polar surface area (TPSA) is 25.8 Å². The predicted octanol–water partition coefficient (Wildman–Crippen LogP) is 7.69. The highest BCUT2D eigenvalue weighted by molar-refractivity contribution is 5.76. The average Bonchev–Trinajstić information content (AvgIpc) is 2.72. The Balaban J connectivity index is -0.0000000659. The number of nitrogens with zero attached hydrogens (tertiary/aromatic N) is 2. The summed E-state index contributed by atoms with van der Waals surface area (Å²) >= 11 is 0. The van der Waals surface area contributed by atoms with Gasteiger partial charge in [-0.25, -0.2) is 0 Å². The van der Waals surface area contributed by atoms with Gasteiger partial charge in [-0.15, -0.1) is 0 Å². The lowest BCUT2D eigenvalue weighted by Crippen LogP contribution is -1.66. The highest BCUT2D eigenvalue weighted by Crippen LogP contribution is 1.82. The van der Waals surface area contributed by atoms with Crippen LogP contribution in [0.1, 0.15) is 62.3 Å². The van der Waals surface area contributed by atoms with E-state index >= 15 is 0 Å². The fourth-order valence-electron chi connectivity index (χ4n) is 1.01. The molecule has 0 N–H and O–H groups in total. The first-order valence-corrected chi connectivity index (χ1v) is 10.9. The van der Waals surface area contributed by atoms with Crippen LogP contribution in [0, 0.1) is 17.8 Å². The Morgan fingerprint density at radius 2 is 0.424 bits per heavy atom. The van der Waals surface area contributed by atoms with Gasteiger partial charge in [0.25, 0.3) is 0 Å². The zero-order valence-electron chi connectivity index (χ0n) is 22.6. The minimum absolute atomic E-state index is 0. The van der Waals surface area contributed by atoms with Gasteiger partial charge in [-0.05, 0) is 42.0 Å². The smallest absolute Gasteiger partial charge is 0.0267 e. The van der Waals surface area contributed by atoms with Gasteiger partial charge < -0.3 is 0 Å². The standard InChI is InChI=1S/C6H6.2C5H5N.3C4H10.3B/c3*1-2-4-6-5-3-1;3*1-4(2)3;;;/h1-6H;2*1-5H;3*4H,1-3H3;;;. The second kappa shape index (κ2) is 40.1. The molecule has 2 nitrogen and oxygen atoms in total. The maximum absolute atomic E-state index is 3.78. The molecule has 0 unspecified atom stereocenters. The van der Waals surface area contributed by atoms with E-state index in [2.05, 4.69) is 72.3 Å². The largest absolute Gasteiger partial charge is 0.265 e. The average molecular weight is 443 g/mol. The van der Waals surface area contributed by atoms with Crippen LogP contribution in [0.2, 0.25) is 0 Å². The lowest BCUT2D eigenvalue weighted by Gasteiger charge is -1.79. The summed E-state index contributed by atoms with van der Waals surface area (Å²) in [6.45, 7) is 19.5. The van der Waals surface area contributed by atoms with Gasteiger partial charge in [0.1, 0.15) is 0 Å². The maximum atomic E-state index is 3.78. The van der Waals surface area contributed by atoms with E-state index in [1.165, 1.54) is 0 Å². The number of pyridine rings is 2. The molecule has 0 saturated carbocycles. The zero-order valence-corrected chi connectivity index (χ0v) is 22.6. The Labute approximate surface area is 212 Å². The summed E-state index contributed by atoms with van der Waals surface area (Å²) in [5, 5.41) is 0. The summed E-state index contributed by atoms with van der Waals surface area (Å²) < 4.78 is 0. The van der Waals surface area contributed by atoms with Crippen molar-refractivity contribution >= 4 is 25.2 Å². The van der Waals surface area contributed by atoms with Gasteiger partial charge >= 0.3 is 0 Å². The Bertz CT molecular complexity index is 416. The Morgan fingerprint density at radius 1 is 0.303 bits per heavy atom. The summed E-state index contributed by atoms with van der Waals surface area (Å²) in [6, 6.07) is 23.4. The lowest BCUT2D eigenvalue weighted by atomic mass is 10.3. The number of rotatable bonds is 0. The molecule has 9 radical (unpaired) electrons. The molecular weight excluding hydrogens is 397 g/mol. The quantitative estimate of drug-likeness (QED) is 0.333. The van der Waals surface area contributed by atoms with Crippen molar-refractivity contribution in [1.29, 1.82) is 0 Å². The Hall–Kier alpha value is -2.29. The molecule has 0 spiro atoms. The molecular formula is C28H46B3N2. The van der Waals surface area contributed by atoms with Crippen molar-refractivity contribution in [1.82, 2.24) is 9.97 Å². The Morgan fingerprint density at radius 3 is 0.485 bits per heavy atom. The summed E-state index contributed by atoms with van der Waals surface area (Å²) in [7, 11) is 0. The SMILES string of the molecule is CC(C)C.CC(C)C.CC(C)C.[B].[B].[B].c1ccccc1.c1ccncc1.c1ccncc1. The van der Waals surface area contributed by atoms with Crippen molar-refractivity contribution in [2.75, 3.05) is 0 Å². The van der Waals surface area contributed by atoms with Crippen molar-refractivity contribution in [2.24, 2.45) is 17.8 Å². The summed E-state index contributed by atoms with van der Waals surface area (Å²) in [5.74, 6) is 2.50. The fraction of sp³-hybridized carbons (Fsp3) is 0.429. The van der Waals surface area contributed by atoms with Crippen LogP contribution in [-0.4, -0.2) is 35.2 Å². The molecule has 1 aromatic carbocycles. The molecule has 177 valence electrons. The number of hydrogen-bond donors (Lipinski definition) is 0. The first-order chi connectivity index (χ1) is 14.2. The van der Waals surface area contributed by atoms with Crippen LogP contribution in [0.5, 0.6) is 0 Å². The molecule has 0 atom stereocenters. The van der Waals surface area contributed by atoms with Gasteiger partial charge in [-0.1, -0.05) is 111 Å². The van der Waals surface area contributed by atoms with Crippen molar-refractivity contribution in [3.63, 3.8) is 0 Å². The Kier molecular flexibility index (Phi) is 54.0. The molecule has 0 fully saturated rings. The second-order valence-electron chi connectivity index (χ2n) is 8.40. The third kappa shape index (κ3) is 92.4. The van der Waals surface area contributed by atoms with E-state index in [-0.39, 0.29) is 25.2 Å². The number of aromatic nitrogens is 2. The van der Waals surface area contributed by atoms with E-state index < -0.39 is 0 Å². The molecule has 0 bridgehead atoms. The van der Waals surface area contributed by atoms with Crippen molar-refractivity contribution in [2.45, 2.75) is 62.3 Å². The summed E-state index contributed by atoms with van der Waals surface area (Å²) in [6.07, 6.45) is 7.00.